The van der Waals surface area contributed by atoms with Crippen LogP contribution in [0, 0.1) is 0 Å². The lowest BCUT2D eigenvalue weighted by Crippen LogP contribution is -2.05. The van der Waals surface area contributed by atoms with Gasteiger partial charge in [-0.05, 0) is 12.1 Å². The van der Waals surface area contributed by atoms with E-state index >= 15 is 0 Å². The highest BCUT2D eigenvalue weighted by atomic mass is 79.9. The molecule has 3 nitrogen and oxygen atoms in total. The standard InChI is InChI=1S/C7H6BrNO2S/c8-6-2-1-3-7-5(6)4-12(10,11)9-7/h1-3,9H,4H2. The van der Waals surface area contributed by atoms with Crippen LogP contribution in [0.2, 0.25) is 0 Å². The maximum atomic E-state index is 11.1. The van der Waals surface area contributed by atoms with Crippen LogP contribution >= 0.6 is 15.9 Å². The van der Waals surface area contributed by atoms with E-state index in [9.17, 15) is 8.42 Å². The van der Waals surface area contributed by atoms with Crippen molar-refractivity contribution in [2.45, 2.75) is 5.75 Å². The maximum Gasteiger partial charge on any atom is 0.237 e. The van der Waals surface area contributed by atoms with Gasteiger partial charge in [-0.15, -0.1) is 0 Å². The van der Waals surface area contributed by atoms with Gasteiger partial charge in [-0.25, -0.2) is 8.42 Å². The summed E-state index contributed by atoms with van der Waals surface area (Å²) in [6, 6.07) is 5.39. The molecule has 0 spiro atoms. The molecule has 0 aliphatic carbocycles. The lowest BCUT2D eigenvalue weighted by molar-refractivity contribution is 0.602. The average molecular weight is 248 g/mol. The van der Waals surface area contributed by atoms with Crippen molar-refractivity contribution in [3.63, 3.8) is 0 Å². The molecule has 0 amide bonds. The largest absolute Gasteiger partial charge is 0.283 e. The molecular formula is C7H6BrNO2S. The monoisotopic (exact) mass is 247 g/mol. The number of anilines is 1. The summed E-state index contributed by atoms with van der Waals surface area (Å²) in [5.74, 6) is 0.0732. The second kappa shape index (κ2) is 2.47. The smallest absolute Gasteiger partial charge is 0.237 e. The highest BCUT2D eigenvalue weighted by Gasteiger charge is 2.24. The van der Waals surface area contributed by atoms with E-state index in [4.69, 9.17) is 0 Å². The van der Waals surface area contributed by atoms with E-state index in [1.807, 2.05) is 6.07 Å². The van der Waals surface area contributed by atoms with Crippen LogP contribution in [-0.2, 0) is 15.8 Å². The topological polar surface area (TPSA) is 46.2 Å². The Morgan fingerprint density at radius 1 is 1.42 bits per heavy atom. The molecule has 0 aromatic heterocycles. The zero-order chi connectivity index (χ0) is 8.77. The van der Waals surface area contributed by atoms with E-state index in [0.717, 1.165) is 10.0 Å². The molecule has 0 fully saturated rings. The van der Waals surface area contributed by atoms with Gasteiger partial charge in [0.1, 0.15) is 0 Å². The fourth-order valence-corrected chi connectivity index (χ4v) is 3.18. The Kier molecular flexibility index (Phi) is 1.66. The van der Waals surface area contributed by atoms with Gasteiger partial charge in [-0.1, -0.05) is 22.0 Å². The fourth-order valence-electron chi connectivity index (χ4n) is 1.19. The van der Waals surface area contributed by atoms with Crippen LogP contribution in [0.1, 0.15) is 5.56 Å². The van der Waals surface area contributed by atoms with Crippen molar-refractivity contribution < 1.29 is 8.42 Å². The average Bonchev–Trinajstić information content (AvgIpc) is 2.25. The summed E-state index contributed by atoms with van der Waals surface area (Å²) < 4.78 is 25.5. The van der Waals surface area contributed by atoms with E-state index in [0.29, 0.717) is 5.69 Å². The minimum atomic E-state index is -3.11. The van der Waals surface area contributed by atoms with Crippen molar-refractivity contribution in [2.24, 2.45) is 0 Å². The van der Waals surface area contributed by atoms with Gasteiger partial charge >= 0.3 is 0 Å². The number of benzene rings is 1. The third-order valence-corrected chi connectivity index (χ3v) is 3.66. The van der Waals surface area contributed by atoms with Crippen LogP contribution in [0.3, 0.4) is 0 Å². The zero-order valence-corrected chi connectivity index (χ0v) is 8.44. The summed E-state index contributed by atoms with van der Waals surface area (Å²) >= 11 is 3.29. The highest BCUT2D eigenvalue weighted by molar-refractivity contribution is 9.10. The number of rotatable bonds is 0. The van der Waals surface area contributed by atoms with E-state index in [1.54, 1.807) is 12.1 Å². The van der Waals surface area contributed by atoms with Crippen molar-refractivity contribution in [1.29, 1.82) is 0 Å². The van der Waals surface area contributed by atoms with E-state index < -0.39 is 10.0 Å². The Bertz CT molecular complexity index is 427. The van der Waals surface area contributed by atoms with Crippen LogP contribution in [0.5, 0.6) is 0 Å². The SMILES string of the molecule is O=S1(=O)Cc2c(Br)cccc2N1. The second-order valence-corrected chi connectivity index (χ2v) is 5.20. The number of nitrogens with one attached hydrogen (secondary N) is 1. The summed E-state index contributed by atoms with van der Waals surface area (Å²) in [6.07, 6.45) is 0. The summed E-state index contributed by atoms with van der Waals surface area (Å²) in [6.45, 7) is 0. The molecule has 0 bridgehead atoms. The molecule has 1 aliphatic heterocycles. The Hall–Kier alpha value is -0.550. The van der Waals surface area contributed by atoms with Crippen LogP contribution in [0.15, 0.2) is 22.7 Å². The fraction of sp³-hybridized carbons (Fsp3) is 0.143. The van der Waals surface area contributed by atoms with Crippen LogP contribution < -0.4 is 4.72 Å². The minimum Gasteiger partial charge on any atom is -0.283 e. The number of halogens is 1. The number of fused-ring (bicyclic) bond motifs is 1. The molecule has 0 saturated heterocycles. The van der Waals surface area contributed by atoms with Gasteiger partial charge in [-0.2, -0.15) is 0 Å². The molecule has 1 aromatic carbocycles. The van der Waals surface area contributed by atoms with Gasteiger partial charge in [-0.3, -0.25) is 4.72 Å². The molecule has 2 rings (SSSR count). The third kappa shape index (κ3) is 1.23. The molecule has 0 atom stereocenters. The van der Waals surface area contributed by atoms with Crippen molar-refractivity contribution in [3.8, 4) is 0 Å². The maximum absolute atomic E-state index is 11.1. The zero-order valence-electron chi connectivity index (χ0n) is 6.04. The van der Waals surface area contributed by atoms with Crippen LogP contribution in [0.4, 0.5) is 5.69 Å². The predicted molar refractivity (Wildman–Crippen MR) is 50.4 cm³/mol. The Balaban J connectivity index is 2.63. The first-order valence-corrected chi connectivity index (χ1v) is 5.81. The van der Waals surface area contributed by atoms with E-state index in [1.165, 1.54) is 0 Å². The molecule has 1 aromatic rings. The minimum absolute atomic E-state index is 0.0732. The van der Waals surface area contributed by atoms with Gasteiger partial charge in [0.05, 0.1) is 11.4 Å². The predicted octanol–water partition coefficient (Wildman–Crippen LogP) is 1.70. The molecule has 1 heterocycles. The quantitative estimate of drug-likeness (QED) is 0.759. The third-order valence-electron chi connectivity index (χ3n) is 1.72. The van der Waals surface area contributed by atoms with E-state index in [2.05, 4.69) is 20.7 Å². The molecule has 0 saturated carbocycles. The van der Waals surface area contributed by atoms with Gasteiger partial charge in [0.15, 0.2) is 0 Å². The summed E-state index contributed by atoms with van der Waals surface area (Å²) in [5, 5.41) is 0. The van der Waals surface area contributed by atoms with Crippen LogP contribution in [-0.4, -0.2) is 8.42 Å². The summed E-state index contributed by atoms with van der Waals surface area (Å²) in [5.41, 5.74) is 1.50. The molecule has 1 N–H and O–H groups in total. The molecule has 12 heavy (non-hydrogen) atoms. The first kappa shape index (κ1) is 8.07. The van der Waals surface area contributed by atoms with Crippen molar-refractivity contribution in [1.82, 2.24) is 0 Å². The van der Waals surface area contributed by atoms with E-state index in [-0.39, 0.29) is 5.75 Å². The normalized spacial score (nSPS) is 18.4. The highest BCUT2D eigenvalue weighted by Crippen LogP contribution is 2.32. The second-order valence-electron chi connectivity index (χ2n) is 2.63. The molecule has 64 valence electrons. The lowest BCUT2D eigenvalue weighted by Gasteiger charge is -1.97. The van der Waals surface area contributed by atoms with Crippen molar-refractivity contribution >= 4 is 31.6 Å². The lowest BCUT2D eigenvalue weighted by atomic mass is 10.2. The molecule has 0 unspecified atom stereocenters. The first-order chi connectivity index (χ1) is 5.58. The summed E-state index contributed by atoms with van der Waals surface area (Å²) in [4.78, 5) is 0. The van der Waals surface area contributed by atoms with Crippen LogP contribution in [0.25, 0.3) is 0 Å². The van der Waals surface area contributed by atoms with Gasteiger partial charge in [0.2, 0.25) is 10.0 Å². The number of sulfonamides is 1. The van der Waals surface area contributed by atoms with Gasteiger partial charge in [0.25, 0.3) is 0 Å². The number of hydrogen-bond acceptors (Lipinski definition) is 2. The van der Waals surface area contributed by atoms with Crippen molar-refractivity contribution in [2.75, 3.05) is 4.72 Å². The first-order valence-electron chi connectivity index (χ1n) is 3.36. The Morgan fingerprint density at radius 3 is 2.83 bits per heavy atom. The number of hydrogen-bond donors (Lipinski definition) is 1. The molecular weight excluding hydrogens is 242 g/mol. The molecule has 0 radical (unpaired) electrons. The Labute approximate surface area is 79.0 Å². The van der Waals surface area contributed by atoms with Gasteiger partial charge in [0, 0.05) is 10.0 Å². The van der Waals surface area contributed by atoms with Gasteiger partial charge < -0.3 is 0 Å². The summed E-state index contributed by atoms with van der Waals surface area (Å²) in [7, 11) is -3.11. The molecule has 5 heteroatoms. The molecule has 1 aliphatic rings. The van der Waals surface area contributed by atoms with Crippen molar-refractivity contribution in [3.05, 3.63) is 28.2 Å². The Morgan fingerprint density at radius 2 is 2.17 bits per heavy atom.